The van der Waals surface area contributed by atoms with E-state index in [9.17, 15) is 9.18 Å². The Morgan fingerprint density at radius 1 is 1.09 bits per heavy atom. The summed E-state index contributed by atoms with van der Waals surface area (Å²) in [5.74, 6) is -0.590. The van der Waals surface area contributed by atoms with E-state index in [0.717, 1.165) is 0 Å². The average molecular weight is 337 g/mol. The van der Waals surface area contributed by atoms with E-state index in [1.165, 1.54) is 24.3 Å². The Labute approximate surface area is 136 Å². The summed E-state index contributed by atoms with van der Waals surface area (Å²) in [6, 6.07) is 12.6. The third-order valence-corrected chi connectivity index (χ3v) is 4.31. The van der Waals surface area contributed by atoms with Gasteiger partial charge in [-0.2, -0.15) is 0 Å². The summed E-state index contributed by atoms with van der Waals surface area (Å²) in [5, 5.41) is 0.487. The van der Waals surface area contributed by atoms with E-state index in [4.69, 9.17) is 16.0 Å². The molecule has 0 N–H and O–H groups in total. The number of ketones is 1. The van der Waals surface area contributed by atoms with Gasteiger partial charge in [-0.05, 0) is 50.0 Å². The standard InChI is InChI=1S/C17H18ClFO2Si/c1-22(2,3)21-17(14-6-4-5-7-15(14)18)16(20)12-8-10-13(19)11-9-12/h4-11,17H,1-3H3. The van der Waals surface area contributed by atoms with Crippen LogP contribution in [-0.4, -0.2) is 14.1 Å². The summed E-state index contributed by atoms with van der Waals surface area (Å²) >= 11 is 6.23. The zero-order valence-corrected chi connectivity index (χ0v) is 14.5. The highest BCUT2D eigenvalue weighted by atomic mass is 35.5. The molecule has 0 saturated heterocycles. The smallest absolute Gasteiger partial charge is 0.195 e. The monoisotopic (exact) mass is 336 g/mol. The molecule has 1 atom stereocenters. The maximum Gasteiger partial charge on any atom is 0.195 e. The summed E-state index contributed by atoms with van der Waals surface area (Å²) in [4.78, 5) is 12.8. The van der Waals surface area contributed by atoms with Gasteiger partial charge in [-0.3, -0.25) is 4.79 Å². The van der Waals surface area contributed by atoms with Gasteiger partial charge in [-0.15, -0.1) is 0 Å². The molecule has 0 aliphatic heterocycles. The highest BCUT2D eigenvalue weighted by Crippen LogP contribution is 2.31. The third kappa shape index (κ3) is 4.26. The molecule has 2 aromatic rings. The number of carbonyl (C=O) groups excluding carboxylic acids is 1. The Bertz CT molecular complexity index is 665. The minimum absolute atomic E-state index is 0.212. The Morgan fingerprint density at radius 3 is 2.23 bits per heavy atom. The lowest BCUT2D eigenvalue weighted by atomic mass is 10.00. The van der Waals surface area contributed by atoms with Crippen LogP contribution in [0, 0.1) is 5.82 Å². The Hall–Kier alpha value is -1.49. The van der Waals surface area contributed by atoms with Gasteiger partial charge in [0.2, 0.25) is 0 Å². The van der Waals surface area contributed by atoms with Crippen LogP contribution in [0.5, 0.6) is 0 Å². The predicted molar refractivity (Wildman–Crippen MR) is 89.4 cm³/mol. The molecule has 0 aliphatic carbocycles. The first-order valence-corrected chi connectivity index (χ1v) is 10.8. The molecule has 0 radical (unpaired) electrons. The minimum atomic E-state index is -1.99. The van der Waals surface area contributed by atoms with E-state index in [1.54, 1.807) is 18.2 Å². The molecular formula is C17H18ClFO2Si. The maximum absolute atomic E-state index is 13.1. The normalized spacial score (nSPS) is 13.0. The molecule has 0 spiro atoms. The molecule has 2 aromatic carbocycles. The Balaban J connectivity index is 2.42. The van der Waals surface area contributed by atoms with Gasteiger partial charge in [0.05, 0.1) is 0 Å². The van der Waals surface area contributed by atoms with E-state index >= 15 is 0 Å². The van der Waals surface area contributed by atoms with Gasteiger partial charge in [-0.1, -0.05) is 29.8 Å². The van der Waals surface area contributed by atoms with Crippen molar-refractivity contribution in [2.24, 2.45) is 0 Å². The van der Waals surface area contributed by atoms with Crippen molar-refractivity contribution in [2.45, 2.75) is 25.7 Å². The predicted octanol–water partition coefficient (Wildman–Crippen LogP) is 5.25. The molecule has 0 aromatic heterocycles. The van der Waals surface area contributed by atoms with Crippen LogP contribution in [0.3, 0.4) is 0 Å². The van der Waals surface area contributed by atoms with Crippen LogP contribution in [0.15, 0.2) is 48.5 Å². The Morgan fingerprint density at radius 2 is 1.68 bits per heavy atom. The average Bonchev–Trinajstić information content (AvgIpc) is 2.45. The number of halogens is 2. The summed E-state index contributed by atoms with van der Waals surface area (Å²) in [5.41, 5.74) is 1.05. The zero-order chi connectivity index (χ0) is 16.3. The van der Waals surface area contributed by atoms with Crippen LogP contribution in [-0.2, 0) is 4.43 Å². The van der Waals surface area contributed by atoms with Crippen molar-refractivity contribution in [3.8, 4) is 0 Å². The number of benzene rings is 2. The topological polar surface area (TPSA) is 26.3 Å². The lowest BCUT2D eigenvalue weighted by Gasteiger charge is -2.26. The highest BCUT2D eigenvalue weighted by molar-refractivity contribution is 6.70. The molecular weight excluding hydrogens is 319 g/mol. The number of Topliss-reactive ketones (excluding diaryl/α,β-unsaturated/α-hetero) is 1. The highest BCUT2D eigenvalue weighted by Gasteiger charge is 2.30. The lowest BCUT2D eigenvalue weighted by Crippen LogP contribution is -2.31. The van der Waals surface area contributed by atoms with Gasteiger partial charge in [0.1, 0.15) is 11.9 Å². The first-order valence-electron chi connectivity index (χ1n) is 7.00. The maximum atomic E-state index is 13.1. The molecule has 0 bridgehead atoms. The van der Waals surface area contributed by atoms with Crippen molar-refractivity contribution in [3.63, 3.8) is 0 Å². The molecule has 0 saturated carbocycles. The SMILES string of the molecule is C[Si](C)(C)OC(C(=O)c1ccc(F)cc1)c1ccccc1Cl. The molecule has 0 fully saturated rings. The lowest BCUT2D eigenvalue weighted by molar-refractivity contribution is 0.0780. The molecule has 0 aliphatic rings. The number of hydrogen-bond acceptors (Lipinski definition) is 2. The number of hydrogen-bond donors (Lipinski definition) is 0. The first kappa shape index (κ1) is 16.9. The van der Waals surface area contributed by atoms with Crippen LogP contribution in [0.2, 0.25) is 24.7 Å². The minimum Gasteiger partial charge on any atom is -0.403 e. The fraction of sp³-hybridized carbons (Fsp3) is 0.235. The van der Waals surface area contributed by atoms with Crippen molar-refractivity contribution in [1.82, 2.24) is 0 Å². The van der Waals surface area contributed by atoms with Crippen LogP contribution in [0.4, 0.5) is 4.39 Å². The second kappa shape index (κ2) is 6.73. The molecule has 116 valence electrons. The van der Waals surface area contributed by atoms with Crippen molar-refractivity contribution in [3.05, 3.63) is 70.5 Å². The second-order valence-electron chi connectivity index (χ2n) is 6.00. The third-order valence-electron chi connectivity index (χ3n) is 3.03. The molecule has 2 rings (SSSR count). The van der Waals surface area contributed by atoms with Crippen LogP contribution in [0.1, 0.15) is 22.0 Å². The van der Waals surface area contributed by atoms with E-state index < -0.39 is 14.4 Å². The molecule has 22 heavy (non-hydrogen) atoms. The summed E-state index contributed by atoms with van der Waals surface area (Å²) in [7, 11) is -1.99. The van der Waals surface area contributed by atoms with Crippen molar-refractivity contribution >= 4 is 25.7 Å². The van der Waals surface area contributed by atoms with E-state index in [-0.39, 0.29) is 11.6 Å². The van der Waals surface area contributed by atoms with Gasteiger partial charge in [0, 0.05) is 16.1 Å². The van der Waals surface area contributed by atoms with Gasteiger partial charge in [0.15, 0.2) is 14.1 Å². The Kier molecular flexibility index (Phi) is 5.16. The largest absolute Gasteiger partial charge is 0.403 e. The summed E-state index contributed by atoms with van der Waals surface area (Å²) in [6.45, 7) is 6.03. The van der Waals surface area contributed by atoms with Gasteiger partial charge in [-0.25, -0.2) is 4.39 Å². The van der Waals surface area contributed by atoms with Gasteiger partial charge in [0.25, 0.3) is 0 Å². The molecule has 0 heterocycles. The van der Waals surface area contributed by atoms with Crippen molar-refractivity contribution in [1.29, 1.82) is 0 Å². The van der Waals surface area contributed by atoms with Crippen molar-refractivity contribution < 1.29 is 13.6 Å². The first-order chi connectivity index (χ1) is 10.3. The molecule has 5 heteroatoms. The second-order valence-corrected chi connectivity index (χ2v) is 10.9. The molecule has 2 nitrogen and oxygen atoms in total. The summed E-state index contributed by atoms with van der Waals surface area (Å²) < 4.78 is 19.1. The number of carbonyl (C=O) groups is 1. The van der Waals surface area contributed by atoms with Crippen LogP contribution < -0.4 is 0 Å². The van der Waals surface area contributed by atoms with Gasteiger partial charge < -0.3 is 4.43 Å². The molecule has 1 unspecified atom stereocenters. The van der Waals surface area contributed by atoms with Crippen molar-refractivity contribution in [2.75, 3.05) is 0 Å². The van der Waals surface area contributed by atoms with Crippen LogP contribution >= 0.6 is 11.6 Å². The summed E-state index contributed by atoms with van der Waals surface area (Å²) in [6.07, 6.45) is -0.772. The van der Waals surface area contributed by atoms with E-state index in [1.807, 2.05) is 25.7 Å². The number of rotatable bonds is 5. The zero-order valence-electron chi connectivity index (χ0n) is 12.8. The quantitative estimate of drug-likeness (QED) is 0.550. The molecule has 0 amide bonds. The van der Waals surface area contributed by atoms with E-state index in [2.05, 4.69) is 0 Å². The van der Waals surface area contributed by atoms with E-state index in [0.29, 0.717) is 16.1 Å². The fourth-order valence-electron chi connectivity index (χ4n) is 2.07. The van der Waals surface area contributed by atoms with Gasteiger partial charge >= 0.3 is 0 Å². The van der Waals surface area contributed by atoms with Crippen LogP contribution in [0.25, 0.3) is 0 Å². The fourth-order valence-corrected chi connectivity index (χ4v) is 3.24.